The first-order valence-electron chi connectivity index (χ1n) is 9.45. The lowest BCUT2D eigenvalue weighted by atomic mass is 10.1. The van der Waals surface area contributed by atoms with Crippen LogP contribution in [0.15, 0.2) is 24.3 Å². The molecule has 0 amide bonds. The molecule has 0 saturated carbocycles. The maximum absolute atomic E-state index is 12.2. The van der Waals surface area contributed by atoms with Crippen LogP contribution in [0.5, 0.6) is 0 Å². The normalized spacial score (nSPS) is 13.2. The van der Waals surface area contributed by atoms with Crippen molar-refractivity contribution >= 4 is 12.1 Å². The van der Waals surface area contributed by atoms with Crippen molar-refractivity contribution in [2.24, 2.45) is 5.92 Å². The molecule has 5 nitrogen and oxygen atoms in total. The Morgan fingerprint density at radius 3 is 2.15 bits per heavy atom. The van der Waals surface area contributed by atoms with Gasteiger partial charge in [0.25, 0.3) is 0 Å². The maximum Gasteiger partial charge on any atom is 0.508 e. The molecular weight excluding hydrogens is 332 g/mol. The third kappa shape index (κ3) is 8.88. The Morgan fingerprint density at radius 2 is 1.58 bits per heavy atom. The van der Waals surface area contributed by atoms with Gasteiger partial charge in [-0.3, -0.25) is 0 Å². The number of rotatable bonds is 10. The molecule has 26 heavy (non-hydrogen) atoms. The SMILES string of the molecule is CCCCc1ccc(C(=O)OC(C)CC(C)OC(=O)OCC(C)C)cc1. The lowest BCUT2D eigenvalue weighted by Crippen LogP contribution is -2.24. The molecule has 1 aromatic carbocycles. The van der Waals surface area contributed by atoms with Gasteiger partial charge in [0.15, 0.2) is 0 Å². The minimum atomic E-state index is -0.688. The molecule has 0 aliphatic heterocycles. The van der Waals surface area contributed by atoms with Gasteiger partial charge in [0, 0.05) is 6.42 Å². The summed E-state index contributed by atoms with van der Waals surface area (Å²) in [7, 11) is 0. The van der Waals surface area contributed by atoms with Crippen LogP contribution >= 0.6 is 0 Å². The maximum atomic E-state index is 12.2. The van der Waals surface area contributed by atoms with Crippen LogP contribution in [-0.4, -0.2) is 30.9 Å². The quantitative estimate of drug-likeness (QED) is 0.537. The average Bonchev–Trinajstić information content (AvgIpc) is 2.58. The van der Waals surface area contributed by atoms with Crippen LogP contribution in [0.3, 0.4) is 0 Å². The summed E-state index contributed by atoms with van der Waals surface area (Å²) in [6.07, 6.45) is 2.27. The molecule has 0 aliphatic carbocycles. The number of esters is 1. The van der Waals surface area contributed by atoms with E-state index in [0.717, 1.165) is 19.3 Å². The Hall–Kier alpha value is -2.04. The highest BCUT2D eigenvalue weighted by Gasteiger charge is 2.18. The summed E-state index contributed by atoms with van der Waals surface area (Å²) in [5.74, 6) is -0.111. The summed E-state index contributed by atoms with van der Waals surface area (Å²) in [6.45, 7) is 9.92. The number of carbonyl (C=O) groups is 2. The van der Waals surface area contributed by atoms with E-state index >= 15 is 0 Å². The van der Waals surface area contributed by atoms with Crippen molar-refractivity contribution in [2.45, 2.75) is 72.5 Å². The molecule has 0 saturated heterocycles. The minimum Gasteiger partial charge on any atom is -0.459 e. The fraction of sp³-hybridized carbons (Fsp3) is 0.619. The van der Waals surface area contributed by atoms with E-state index in [4.69, 9.17) is 14.2 Å². The van der Waals surface area contributed by atoms with Crippen LogP contribution in [0.4, 0.5) is 4.79 Å². The molecule has 0 fully saturated rings. The van der Waals surface area contributed by atoms with Gasteiger partial charge in [-0.25, -0.2) is 9.59 Å². The van der Waals surface area contributed by atoms with Crippen LogP contribution in [0, 0.1) is 5.92 Å². The lowest BCUT2D eigenvalue weighted by Gasteiger charge is -2.18. The Morgan fingerprint density at radius 1 is 0.962 bits per heavy atom. The number of unbranched alkanes of at least 4 members (excludes halogenated alkanes) is 1. The highest BCUT2D eigenvalue weighted by atomic mass is 16.7. The molecule has 1 aromatic rings. The molecule has 0 aliphatic rings. The van der Waals surface area contributed by atoms with Crippen LogP contribution < -0.4 is 0 Å². The zero-order valence-corrected chi connectivity index (χ0v) is 16.6. The third-order valence-electron chi connectivity index (χ3n) is 3.81. The van der Waals surface area contributed by atoms with Crippen molar-refractivity contribution in [1.82, 2.24) is 0 Å². The van der Waals surface area contributed by atoms with Crippen molar-refractivity contribution in [3.63, 3.8) is 0 Å². The van der Waals surface area contributed by atoms with Gasteiger partial charge in [0.05, 0.1) is 12.2 Å². The highest BCUT2D eigenvalue weighted by molar-refractivity contribution is 5.89. The van der Waals surface area contributed by atoms with Crippen LogP contribution in [-0.2, 0) is 20.6 Å². The Labute approximate surface area is 157 Å². The van der Waals surface area contributed by atoms with E-state index in [1.165, 1.54) is 5.56 Å². The molecule has 2 atom stereocenters. The average molecular weight is 364 g/mol. The number of hydrogen-bond acceptors (Lipinski definition) is 5. The van der Waals surface area contributed by atoms with Crippen molar-refractivity contribution in [3.8, 4) is 0 Å². The van der Waals surface area contributed by atoms with Gasteiger partial charge < -0.3 is 14.2 Å². The third-order valence-corrected chi connectivity index (χ3v) is 3.81. The largest absolute Gasteiger partial charge is 0.508 e. The van der Waals surface area contributed by atoms with E-state index in [2.05, 4.69) is 6.92 Å². The number of carbonyl (C=O) groups excluding carboxylic acids is 2. The van der Waals surface area contributed by atoms with Gasteiger partial charge >= 0.3 is 12.1 Å². The summed E-state index contributed by atoms with van der Waals surface area (Å²) in [6, 6.07) is 7.52. The fourth-order valence-electron chi connectivity index (χ4n) is 2.44. The van der Waals surface area contributed by atoms with E-state index in [1.54, 1.807) is 26.0 Å². The van der Waals surface area contributed by atoms with Gasteiger partial charge in [-0.1, -0.05) is 39.3 Å². The van der Waals surface area contributed by atoms with E-state index in [9.17, 15) is 9.59 Å². The monoisotopic (exact) mass is 364 g/mol. The Balaban J connectivity index is 2.40. The molecule has 0 aromatic heterocycles. The zero-order valence-electron chi connectivity index (χ0n) is 16.6. The van der Waals surface area contributed by atoms with Crippen molar-refractivity contribution in [1.29, 1.82) is 0 Å². The first-order chi connectivity index (χ1) is 12.3. The molecular formula is C21H32O5. The molecule has 0 spiro atoms. The second kappa shape index (κ2) is 11.6. The Bertz CT molecular complexity index is 550. The first kappa shape index (κ1) is 22.0. The van der Waals surface area contributed by atoms with Crippen molar-refractivity contribution in [3.05, 3.63) is 35.4 Å². The minimum absolute atomic E-state index is 0.256. The van der Waals surface area contributed by atoms with Crippen LogP contribution in [0.1, 0.15) is 69.8 Å². The summed E-state index contributed by atoms with van der Waals surface area (Å²) in [5.41, 5.74) is 1.75. The van der Waals surface area contributed by atoms with Gasteiger partial charge in [-0.2, -0.15) is 0 Å². The predicted molar refractivity (Wildman–Crippen MR) is 101 cm³/mol. The van der Waals surface area contributed by atoms with E-state index in [-0.39, 0.29) is 18.0 Å². The lowest BCUT2D eigenvalue weighted by molar-refractivity contribution is -0.00240. The molecule has 0 heterocycles. The standard InChI is InChI=1S/C21H32O5/c1-6-7-8-18-9-11-19(12-10-18)20(22)25-16(4)13-17(5)26-21(23)24-14-15(2)3/h9-12,15-17H,6-8,13-14H2,1-5H3. The van der Waals surface area contributed by atoms with Gasteiger partial charge in [-0.05, 0) is 50.3 Å². The van der Waals surface area contributed by atoms with E-state index < -0.39 is 12.3 Å². The van der Waals surface area contributed by atoms with Gasteiger partial charge in [0.2, 0.25) is 0 Å². The van der Waals surface area contributed by atoms with Crippen LogP contribution in [0.25, 0.3) is 0 Å². The number of ether oxygens (including phenoxy) is 3. The summed E-state index contributed by atoms with van der Waals surface area (Å²) >= 11 is 0. The fourth-order valence-corrected chi connectivity index (χ4v) is 2.44. The topological polar surface area (TPSA) is 61.8 Å². The second-order valence-electron chi connectivity index (χ2n) is 7.14. The van der Waals surface area contributed by atoms with Crippen LogP contribution in [0.2, 0.25) is 0 Å². The molecule has 2 unspecified atom stereocenters. The number of hydrogen-bond donors (Lipinski definition) is 0. The number of aryl methyl sites for hydroxylation is 1. The number of benzene rings is 1. The highest BCUT2D eigenvalue weighted by Crippen LogP contribution is 2.13. The molecule has 146 valence electrons. The van der Waals surface area contributed by atoms with Crippen molar-refractivity contribution < 1.29 is 23.8 Å². The van der Waals surface area contributed by atoms with Gasteiger partial charge in [-0.15, -0.1) is 0 Å². The molecule has 1 rings (SSSR count). The first-order valence-corrected chi connectivity index (χ1v) is 9.45. The van der Waals surface area contributed by atoms with E-state index in [1.807, 2.05) is 26.0 Å². The molecule has 0 N–H and O–H groups in total. The predicted octanol–water partition coefficient (Wildman–Crippen LogP) is 5.16. The van der Waals surface area contributed by atoms with E-state index in [0.29, 0.717) is 18.6 Å². The molecule has 0 bridgehead atoms. The van der Waals surface area contributed by atoms with Crippen molar-refractivity contribution in [2.75, 3.05) is 6.61 Å². The summed E-state index contributed by atoms with van der Waals surface area (Å²) in [4.78, 5) is 23.7. The molecule has 5 heteroatoms. The molecule has 0 radical (unpaired) electrons. The van der Waals surface area contributed by atoms with Gasteiger partial charge in [0.1, 0.15) is 12.2 Å². The Kier molecular flexibility index (Phi) is 9.78. The second-order valence-corrected chi connectivity index (χ2v) is 7.14. The smallest absolute Gasteiger partial charge is 0.459 e. The summed E-state index contributed by atoms with van der Waals surface area (Å²) < 4.78 is 15.6. The zero-order chi connectivity index (χ0) is 19.5. The summed E-state index contributed by atoms with van der Waals surface area (Å²) in [5, 5.41) is 0.